The minimum Gasteiger partial charge on any atom is -0.490 e. The van der Waals surface area contributed by atoms with E-state index in [1.807, 2.05) is 20.8 Å². The largest absolute Gasteiger partial charge is 0.490 e. The number of carbonyl (C=O) groups is 3. The van der Waals surface area contributed by atoms with Crippen molar-refractivity contribution in [3.8, 4) is 17.2 Å². The zero-order valence-corrected chi connectivity index (χ0v) is 18.1. The number of carbonyl (C=O) groups excluding carboxylic acids is 3. The molecule has 0 aliphatic carbocycles. The topological polar surface area (TPSA) is 106 Å². The monoisotopic (exact) mass is 421 g/mol. The number of hydrogen-bond donors (Lipinski definition) is 2. The Morgan fingerprint density at radius 3 is 2.13 bits per heavy atom. The van der Waals surface area contributed by atoms with Crippen LogP contribution in [0.1, 0.15) is 50.9 Å². The molecule has 9 heteroatoms. The van der Waals surface area contributed by atoms with E-state index in [4.69, 9.17) is 14.2 Å². The van der Waals surface area contributed by atoms with Crippen molar-refractivity contribution in [3.05, 3.63) is 17.7 Å². The summed E-state index contributed by atoms with van der Waals surface area (Å²) in [5, 5.41) is 0. The van der Waals surface area contributed by atoms with E-state index in [1.165, 1.54) is 6.92 Å². The molecule has 2 N–H and O–H groups in total. The van der Waals surface area contributed by atoms with Crippen LogP contribution in [-0.2, 0) is 9.59 Å². The van der Waals surface area contributed by atoms with Gasteiger partial charge in [0, 0.05) is 25.6 Å². The van der Waals surface area contributed by atoms with Gasteiger partial charge in [-0.25, -0.2) is 0 Å². The summed E-state index contributed by atoms with van der Waals surface area (Å²) in [5.41, 5.74) is 5.16. The van der Waals surface area contributed by atoms with Crippen molar-refractivity contribution < 1.29 is 28.6 Å². The van der Waals surface area contributed by atoms with Crippen molar-refractivity contribution in [2.75, 3.05) is 32.9 Å². The molecule has 0 aromatic heterocycles. The van der Waals surface area contributed by atoms with E-state index >= 15 is 0 Å². The van der Waals surface area contributed by atoms with Gasteiger partial charge in [-0.3, -0.25) is 25.2 Å². The fourth-order valence-electron chi connectivity index (χ4n) is 3.29. The average molecular weight is 421 g/mol. The van der Waals surface area contributed by atoms with E-state index in [0.29, 0.717) is 56.6 Å². The smallest absolute Gasteiger partial charge is 0.269 e. The number of likely N-dealkylation sites (tertiary alicyclic amines) is 1. The highest BCUT2D eigenvalue weighted by Crippen LogP contribution is 2.39. The van der Waals surface area contributed by atoms with Gasteiger partial charge in [-0.1, -0.05) is 0 Å². The van der Waals surface area contributed by atoms with Crippen LogP contribution in [0.2, 0.25) is 0 Å². The second-order valence-electron chi connectivity index (χ2n) is 6.85. The fourth-order valence-corrected chi connectivity index (χ4v) is 3.29. The van der Waals surface area contributed by atoms with Crippen LogP contribution in [0.5, 0.6) is 17.2 Å². The van der Waals surface area contributed by atoms with Crippen molar-refractivity contribution in [2.45, 2.75) is 40.5 Å². The second kappa shape index (κ2) is 11.3. The molecular weight excluding hydrogens is 390 g/mol. The predicted octanol–water partition coefficient (Wildman–Crippen LogP) is 1.90. The molecule has 2 rings (SSSR count). The van der Waals surface area contributed by atoms with Crippen molar-refractivity contribution in [3.63, 3.8) is 0 Å². The lowest BCUT2D eigenvalue weighted by Crippen LogP contribution is -2.49. The summed E-state index contributed by atoms with van der Waals surface area (Å²) in [6.45, 7) is 9.19. The zero-order valence-electron chi connectivity index (χ0n) is 18.1. The van der Waals surface area contributed by atoms with E-state index in [-0.39, 0.29) is 23.3 Å². The van der Waals surface area contributed by atoms with Crippen LogP contribution < -0.4 is 25.1 Å². The third-order valence-electron chi connectivity index (χ3n) is 4.71. The first-order valence-electron chi connectivity index (χ1n) is 10.3. The highest BCUT2D eigenvalue weighted by molar-refractivity contribution is 5.97. The summed E-state index contributed by atoms with van der Waals surface area (Å²) in [5.74, 6) is -0.0208. The Morgan fingerprint density at radius 1 is 1.00 bits per heavy atom. The van der Waals surface area contributed by atoms with E-state index in [0.717, 1.165) is 6.42 Å². The molecule has 166 valence electrons. The lowest BCUT2D eigenvalue weighted by molar-refractivity contribution is -0.134. The number of hydrazine groups is 1. The molecule has 1 heterocycles. The summed E-state index contributed by atoms with van der Waals surface area (Å²) >= 11 is 0. The molecule has 1 fully saturated rings. The number of ether oxygens (including phenoxy) is 3. The maximum atomic E-state index is 12.6. The van der Waals surface area contributed by atoms with Gasteiger partial charge < -0.3 is 19.1 Å². The van der Waals surface area contributed by atoms with Gasteiger partial charge in [0.1, 0.15) is 0 Å². The predicted molar refractivity (Wildman–Crippen MR) is 111 cm³/mol. The van der Waals surface area contributed by atoms with Crippen molar-refractivity contribution in [1.29, 1.82) is 0 Å². The molecular formula is C21H31N3O6. The number of amides is 3. The maximum Gasteiger partial charge on any atom is 0.269 e. The summed E-state index contributed by atoms with van der Waals surface area (Å²) in [6.07, 6.45) is 1.41. The summed E-state index contributed by atoms with van der Waals surface area (Å²) in [4.78, 5) is 38.3. The first kappa shape index (κ1) is 23.3. The number of benzene rings is 1. The summed E-state index contributed by atoms with van der Waals surface area (Å²) < 4.78 is 16.9. The summed E-state index contributed by atoms with van der Waals surface area (Å²) in [6, 6.07) is 3.10. The minimum atomic E-state index is -0.507. The summed E-state index contributed by atoms with van der Waals surface area (Å²) in [7, 11) is 0. The van der Waals surface area contributed by atoms with Crippen LogP contribution in [0, 0.1) is 5.92 Å². The van der Waals surface area contributed by atoms with Gasteiger partial charge in [-0.05, 0) is 45.7 Å². The third-order valence-corrected chi connectivity index (χ3v) is 4.71. The van der Waals surface area contributed by atoms with E-state index < -0.39 is 5.91 Å². The molecule has 0 radical (unpaired) electrons. The molecule has 0 spiro atoms. The van der Waals surface area contributed by atoms with Gasteiger partial charge in [0.05, 0.1) is 25.7 Å². The first-order chi connectivity index (χ1) is 14.4. The molecule has 1 aliphatic heterocycles. The molecule has 3 amide bonds. The number of nitrogens with zero attached hydrogens (tertiary/aromatic N) is 1. The average Bonchev–Trinajstić information content (AvgIpc) is 2.74. The van der Waals surface area contributed by atoms with Gasteiger partial charge in [0.25, 0.3) is 5.91 Å². The SMILES string of the molecule is CCOc1cc(C(=O)NNC(=O)[C@H]2CCCN(C(C)=O)C2)cc(OCC)c1OCC. The molecule has 1 saturated heterocycles. The molecule has 9 nitrogen and oxygen atoms in total. The van der Waals surface area contributed by atoms with Gasteiger partial charge >= 0.3 is 0 Å². The molecule has 0 unspecified atom stereocenters. The zero-order chi connectivity index (χ0) is 22.1. The fraction of sp³-hybridized carbons (Fsp3) is 0.571. The first-order valence-corrected chi connectivity index (χ1v) is 10.3. The van der Waals surface area contributed by atoms with Gasteiger partial charge in [-0.2, -0.15) is 0 Å². The van der Waals surface area contributed by atoms with Crippen LogP contribution in [0.4, 0.5) is 0 Å². The Morgan fingerprint density at radius 2 is 1.60 bits per heavy atom. The Labute approximate surface area is 177 Å². The lowest BCUT2D eigenvalue weighted by Gasteiger charge is -2.31. The Balaban J connectivity index is 2.10. The number of hydrogen-bond acceptors (Lipinski definition) is 6. The van der Waals surface area contributed by atoms with Crippen molar-refractivity contribution in [1.82, 2.24) is 15.8 Å². The molecule has 0 saturated carbocycles. The number of rotatable bonds is 8. The Bertz CT molecular complexity index is 740. The lowest BCUT2D eigenvalue weighted by atomic mass is 9.97. The maximum absolute atomic E-state index is 12.6. The van der Waals surface area contributed by atoms with Crippen molar-refractivity contribution >= 4 is 17.7 Å². The standard InChI is InChI=1S/C21H31N3O6/c1-5-28-17-11-16(12-18(29-6-2)19(17)30-7-3)21(27)23-22-20(26)15-9-8-10-24(13-15)14(4)25/h11-12,15H,5-10,13H2,1-4H3,(H,22,26)(H,23,27)/t15-/m0/s1. The van der Waals surface area contributed by atoms with Crippen LogP contribution in [0.3, 0.4) is 0 Å². The van der Waals surface area contributed by atoms with Gasteiger partial charge in [0.2, 0.25) is 17.6 Å². The molecule has 1 aliphatic rings. The van der Waals surface area contributed by atoms with Crippen LogP contribution in [0.15, 0.2) is 12.1 Å². The molecule has 0 bridgehead atoms. The van der Waals surface area contributed by atoms with Crippen molar-refractivity contribution in [2.24, 2.45) is 5.92 Å². The van der Waals surface area contributed by atoms with Gasteiger partial charge in [-0.15, -0.1) is 0 Å². The third kappa shape index (κ3) is 6.01. The quantitative estimate of drug-likeness (QED) is 0.621. The van der Waals surface area contributed by atoms with Crippen LogP contribution >= 0.6 is 0 Å². The van der Waals surface area contributed by atoms with E-state index in [9.17, 15) is 14.4 Å². The van der Waals surface area contributed by atoms with E-state index in [2.05, 4.69) is 10.9 Å². The highest BCUT2D eigenvalue weighted by Gasteiger charge is 2.27. The number of nitrogens with one attached hydrogen (secondary N) is 2. The molecule has 1 aromatic carbocycles. The Kier molecular flexibility index (Phi) is 8.76. The normalized spacial score (nSPS) is 15.9. The van der Waals surface area contributed by atoms with Crippen LogP contribution in [0.25, 0.3) is 0 Å². The molecule has 1 aromatic rings. The van der Waals surface area contributed by atoms with Crippen LogP contribution in [-0.4, -0.2) is 55.5 Å². The molecule has 30 heavy (non-hydrogen) atoms. The highest BCUT2D eigenvalue weighted by atomic mass is 16.5. The Hall–Kier alpha value is -2.97. The van der Waals surface area contributed by atoms with Gasteiger partial charge in [0.15, 0.2) is 11.5 Å². The minimum absolute atomic E-state index is 0.0576. The van der Waals surface area contributed by atoms with E-state index in [1.54, 1.807) is 17.0 Å². The second-order valence-corrected chi connectivity index (χ2v) is 6.85. The number of piperidine rings is 1. The molecule has 1 atom stereocenters.